The molecule has 4 rings (SSSR count). The molecule has 29 heavy (non-hydrogen) atoms. The number of hydrogen-bond donors (Lipinski definition) is 0. The molecular formula is C22H20Cl2N2O3. The van der Waals surface area contributed by atoms with Crippen LogP contribution in [0.1, 0.15) is 16.3 Å². The fraction of sp³-hybridized carbons (Fsp3) is 0.227. The van der Waals surface area contributed by atoms with E-state index in [1.165, 1.54) is 0 Å². The summed E-state index contributed by atoms with van der Waals surface area (Å²) in [6.45, 7) is 3.00. The van der Waals surface area contributed by atoms with Gasteiger partial charge in [-0.25, -0.2) is 0 Å². The average Bonchev–Trinajstić information content (AvgIpc) is 3.22. The maximum Gasteiger partial charge on any atom is 0.289 e. The summed E-state index contributed by atoms with van der Waals surface area (Å²) in [7, 11) is 0. The zero-order chi connectivity index (χ0) is 20.2. The molecule has 1 saturated heterocycles. The number of halogens is 2. The Bertz CT molecular complexity index is 980. The van der Waals surface area contributed by atoms with E-state index in [0.717, 1.165) is 23.8 Å². The van der Waals surface area contributed by atoms with Crippen LogP contribution < -0.4 is 9.64 Å². The number of carbonyl (C=O) groups is 1. The van der Waals surface area contributed by atoms with Gasteiger partial charge in [0.25, 0.3) is 5.91 Å². The van der Waals surface area contributed by atoms with Crippen LogP contribution in [-0.2, 0) is 6.61 Å². The Balaban J connectivity index is 1.32. The van der Waals surface area contributed by atoms with E-state index in [4.69, 9.17) is 32.4 Å². The number of nitrogens with zero attached hydrogens (tertiary/aromatic N) is 2. The summed E-state index contributed by atoms with van der Waals surface area (Å²) >= 11 is 12.0. The molecule has 1 aliphatic heterocycles. The Morgan fingerprint density at radius 3 is 2.38 bits per heavy atom. The van der Waals surface area contributed by atoms with Crippen LogP contribution in [-0.4, -0.2) is 37.0 Å². The van der Waals surface area contributed by atoms with Crippen molar-refractivity contribution in [2.24, 2.45) is 0 Å². The number of para-hydroxylation sites is 1. The van der Waals surface area contributed by atoms with Crippen molar-refractivity contribution in [3.05, 3.63) is 82.2 Å². The number of furan rings is 1. The molecule has 1 aromatic heterocycles. The van der Waals surface area contributed by atoms with Crippen molar-refractivity contribution in [3.63, 3.8) is 0 Å². The first-order chi connectivity index (χ1) is 14.1. The molecule has 2 heterocycles. The number of hydrogen-bond acceptors (Lipinski definition) is 4. The number of amides is 1. The highest BCUT2D eigenvalue weighted by Gasteiger charge is 2.24. The molecule has 150 valence electrons. The summed E-state index contributed by atoms with van der Waals surface area (Å²) in [4.78, 5) is 16.8. The Morgan fingerprint density at radius 1 is 0.931 bits per heavy atom. The first-order valence-electron chi connectivity index (χ1n) is 9.36. The average molecular weight is 431 g/mol. The summed E-state index contributed by atoms with van der Waals surface area (Å²) in [6, 6.07) is 18.4. The van der Waals surface area contributed by atoms with Crippen molar-refractivity contribution in [3.8, 4) is 5.75 Å². The van der Waals surface area contributed by atoms with Crippen molar-refractivity contribution in [1.82, 2.24) is 4.90 Å². The van der Waals surface area contributed by atoms with Gasteiger partial charge >= 0.3 is 0 Å². The smallest absolute Gasteiger partial charge is 0.289 e. The van der Waals surface area contributed by atoms with E-state index in [1.54, 1.807) is 24.3 Å². The Kier molecular flexibility index (Phi) is 5.97. The van der Waals surface area contributed by atoms with E-state index in [2.05, 4.69) is 4.90 Å². The van der Waals surface area contributed by atoms with Gasteiger partial charge in [-0.3, -0.25) is 4.79 Å². The number of anilines is 1. The van der Waals surface area contributed by atoms with Gasteiger partial charge in [-0.05, 0) is 48.5 Å². The lowest BCUT2D eigenvalue weighted by molar-refractivity contribution is 0.0710. The maximum absolute atomic E-state index is 12.8. The van der Waals surface area contributed by atoms with Crippen LogP contribution in [0.3, 0.4) is 0 Å². The van der Waals surface area contributed by atoms with Gasteiger partial charge < -0.3 is 19.0 Å². The van der Waals surface area contributed by atoms with Gasteiger partial charge in [0, 0.05) is 36.9 Å². The lowest BCUT2D eigenvalue weighted by Gasteiger charge is -2.35. The molecule has 0 saturated carbocycles. The van der Waals surface area contributed by atoms with Crippen LogP contribution in [0.2, 0.25) is 10.0 Å². The lowest BCUT2D eigenvalue weighted by atomic mass is 10.2. The summed E-state index contributed by atoms with van der Waals surface area (Å²) in [5.74, 6) is 1.37. The van der Waals surface area contributed by atoms with E-state index in [1.807, 2.05) is 41.3 Å². The van der Waals surface area contributed by atoms with E-state index >= 15 is 0 Å². The van der Waals surface area contributed by atoms with E-state index in [-0.39, 0.29) is 12.5 Å². The molecule has 5 nitrogen and oxygen atoms in total. The van der Waals surface area contributed by atoms with Gasteiger partial charge in [-0.1, -0.05) is 35.3 Å². The summed E-state index contributed by atoms with van der Waals surface area (Å²) in [6.07, 6.45) is 0. The second-order valence-corrected chi connectivity index (χ2v) is 7.58. The summed E-state index contributed by atoms with van der Waals surface area (Å²) in [5, 5.41) is 1.25. The molecule has 0 N–H and O–H groups in total. The highest BCUT2D eigenvalue weighted by Crippen LogP contribution is 2.25. The zero-order valence-electron chi connectivity index (χ0n) is 15.7. The van der Waals surface area contributed by atoms with Gasteiger partial charge in [0.15, 0.2) is 5.76 Å². The van der Waals surface area contributed by atoms with Gasteiger partial charge in [0.1, 0.15) is 18.1 Å². The number of rotatable bonds is 5. The number of ether oxygens (including phenoxy) is 1. The van der Waals surface area contributed by atoms with Gasteiger partial charge in [-0.15, -0.1) is 0 Å². The van der Waals surface area contributed by atoms with E-state index < -0.39 is 0 Å². The second-order valence-electron chi connectivity index (χ2n) is 6.74. The van der Waals surface area contributed by atoms with E-state index in [0.29, 0.717) is 35.4 Å². The third kappa shape index (κ3) is 4.69. The van der Waals surface area contributed by atoms with Crippen LogP contribution in [0.5, 0.6) is 5.75 Å². The number of benzene rings is 2. The van der Waals surface area contributed by atoms with Gasteiger partial charge in [-0.2, -0.15) is 0 Å². The van der Waals surface area contributed by atoms with Crippen molar-refractivity contribution in [2.75, 3.05) is 31.1 Å². The van der Waals surface area contributed by atoms with Gasteiger partial charge in [0.05, 0.1) is 5.02 Å². The predicted molar refractivity (Wildman–Crippen MR) is 114 cm³/mol. The fourth-order valence-corrected chi connectivity index (χ4v) is 3.57. The molecule has 0 bridgehead atoms. The molecule has 1 amide bonds. The Labute approximate surface area is 179 Å². The van der Waals surface area contributed by atoms with Crippen LogP contribution >= 0.6 is 23.2 Å². The minimum absolute atomic E-state index is 0.107. The topological polar surface area (TPSA) is 45.9 Å². The molecule has 2 aromatic carbocycles. The molecule has 0 radical (unpaired) electrons. The standard InChI is InChI=1S/C22H20Cl2N2O3/c23-16-5-7-17(8-6-16)25-11-13-26(14-12-25)22(27)21-10-9-18(29-21)15-28-20-4-2-1-3-19(20)24/h1-10H,11-15H2. The largest absolute Gasteiger partial charge is 0.484 e. The maximum atomic E-state index is 12.8. The zero-order valence-corrected chi connectivity index (χ0v) is 17.2. The van der Waals surface area contributed by atoms with Crippen molar-refractivity contribution in [2.45, 2.75) is 6.61 Å². The highest BCUT2D eigenvalue weighted by atomic mass is 35.5. The fourth-order valence-electron chi connectivity index (χ4n) is 3.26. The predicted octanol–water partition coefficient (Wildman–Crippen LogP) is 5.13. The first kappa shape index (κ1) is 19.7. The lowest BCUT2D eigenvalue weighted by Crippen LogP contribution is -2.48. The van der Waals surface area contributed by atoms with Crippen molar-refractivity contribution in [1.29, 1.82) is 0 Å². The molecule has 3 aromatic rings. The van der Waals surface area contributed by atoms with Gasteiger partial charge in [0.2, 0.25) is 0 Å². The third-order valence-corrected chi connectivity index (χ3v) is 5.40. The molecule has 1 aliphatic rings. The normalized spacial score (nSPS) is 14.1. The Hall–Kier alpha value is -2.63. The molecule has 0 spiro atoms. The van der Waals surface area contributed by atoms with Crippen LogP contribution in [0.15, 0.2) is 65.1 Å². The quantitative estimate of drug-likeness (QED) is 0.562. The molecule has 1 fully saturated rings. The first-order valence-corrected chi connectivity index (χ1v) is 10.1. The highest BCUT2D eigenvalue weighted by molar-refractivity contribution is 6.32. The second kappa shape index (κ2) is 8.80. The summed E-state index contributed by atoms with van der Waals surface area (Å²) in [5.41, 5.74) is 1.11. The minimum atomic E-state index is -0.107. The molecule has 7 heteroatoms. The molecular weight excluding hydrogens is 411 g/mol. The minimum Gasteiger partial charge on any atom is -0.484 e. The molecule has 0 unspecified atom stereocenters. The van der Waals surface area contributed by atoms with Crippen molar-refractivity contribution < 1.29 is 13.9 Å². The van der Waals surface area contributed by atoms with Crippen LogP contribution in [0, 0.1) is 0 Å². The van der Waals surface area contributed by atoms with E-state index in [9.17, 15) is 4.79 Å². The Morgan fingerprint density at radius 2 is 1.66 bits per heavy atom. The monoisotopic (exact) mass is 430 g/mol. The van der Waals surface area contributed by atoms with Crippen LogP contribution in [0.4, 0.5) is 5.69 Å². The SMILES string of the molecule is O=C(c1ccc(COc2ccccc2Cl)o1)N1CCN(c2ccc(Cl)cc2)CC1. The van der Waals surface area contributed by atoms with Crippen molar-refractivity contribution >= 4 is 34.8 Å². The molecule has 0 atom stereocenters. The molecule has 0 aliphatic carbocycles. The number of carbonyl (C=O) groups excluding carboxylic acids is 1. The number of piperazine rings is 1. The summed E-state index contributed by atoms with van der Waals surface area (Å²) < 4.78 is 11.4. The third-order valence-electron chi connectivity index (χ3n) is 4.84. The van der Waals surface area contributed by atoms with Crippen LogP contribution in [0.25, 0.3) is 0 Å².